The van der Waals surface area contributed by atoms with Gasteiger partial charge in [0.1, 0.15) is 34.5 Å². The molecule has 3 aromatic carbocycles. The molecule has 0 bridgehead atoms. The minimum absolute atomic E-state index is 0.0533. The third kappa shape index (κ3) is 3.87. The summed E-state index contributed by atoms with van der Waals surface area (Å²) in [5, 5.41) is 0. The van der Waals surface area contributed by atoms with Crippen molar-refractivity contribution in [1.82, 2.24) is 0 Å². The lowest BCUT2D eigenvalue weighted by molar-refractivity contribution is 0.0966. The van der Waals surface area contributed by atoms with Crippen molar-refractivity contribution in [3.8, 4) is 34.5 Å². The van der Waals surface area contributed by atoms with Crippen molar-refractivity contribution in [1.29, 1.82) is 0 Å². The third-order valence-electron chi connectivity index (χ3n) is 6.27. The topological polar surface area (TPSA) is 72.5 Å². The Labute approximate surface area is 199 Å². The van der Waals surface area contributed by atoms with Gasteiger partial charge in [0, 0.05) is 40.8 Å². The van der Waals surface area contributed by atoms with Crippen LogP contribution in [0.25, 0.3) is 0 Å². The maximum atomic E-state index is 14.0. The number of Topliss-reactive ketones (excluding diaryl/α,β-unsaturated/α-hetero) is 1. The van der Waals surface area contributed by atoms with Gasteiger partial charge in [0.15, 0.2) is 5.78 Å². The van der Waals surface area contributed by atoms with Crippen LogP contribution in [0.4, 0.5) is 0 Å². The largest absolute Gasteiger partial charge is 0.497 e. The summed E-state index contributed by atoms with van der Waals surface area (Å²) in [6.07, 6.45) is 0. The zero-order chi connectivity index (χ0) is 24.4. The van der Waals surface area contributed by atoms with Crippen LogP contribution in [0.1, 0.15) is 38.9 Å². The molecule has 0 aliphatic heterocycles. The highest BCUT2D eigenvalue weighted by Gasteiger charge is 2.45. The quantitative estimate of drug-likeness (QED) is 0.472. The van der Waals surface area contributed by atoms with Crippen molar-refractivity contribution in [3.05, 3.63) is 70.8 Å². The van der Waals surface area contributed by atoms with E-state index >= 15 is 0 Å². The van der Waals surface area contributed by atoms with Gasteiger partial charge in [-0.3, -0.25) is 4.79 Å². The van der Waals surface area contributed by atoms with E-state index in [2.05, 4.69) is 0 Å². The minimum atomic E-state index is -0.575. The molecule has 7 nitrogen and oxygen atoms in total. The molecule has 1 aliphatic carbocycles. The lowest BCUT2D eigenvalue weighted by Gasteiger charge is -2.24. The number of methoxy groups -OCH3 is 6. The molecule has 0 aromatic heterocycles. The molecule has 0 radical (unpaired) electrons. The van der Waals surface area contributed by atoms with E-state index in [1.54, 1.807) is 66.9 Å². The van der Waals surface area contributed by atoms with Crippen LogP contribution in [0.15, 0.2) is 48.5 Å². The number of ether oxygens (including phenoxy) is 6. The molecule has 0 saturated heterocycles. The predicted molar refractivity (Wildman–Crippen MR) is 128 cm³/mol. The van der Waals surface area contributed by atoms with Crippen LogP contribution in [0, 0.1) is 0 Å². The normalized spacial score (nSPS) is 16.6. The van der Waals surface area contributed by atoms with Gasteiger partial charge < -0.3 is 28.4 Å². The van der Waals surface area contributed by atoms with Crippen LogP contribution in [0.3, 0.4) is 0 Å². The Morgan fingerprint density at radius 3 is 1.68 bits per heavy atom. The van der Waals surface area contributed by atoms with Gasteiger partial charge in [-0.1, -0.05) is 6.07 Å². The highest BCUT2D eigenvalue weighted by molar-refractivity contribution is 6.08. The Bertz CT molecular complexity index is 1200. The van der Waals surface area contributed by atoms with Crippen molar-refractivity contribution in [2.75, 3.05) is 42.7 Å². The smallest absolute Gasteiger partial charge is 0.171 e. The molecule has 0 heterocycles. The third-order valence-corrected chi connectivity index (χ3v) is 6.27. The summed E-state index contributed by atoms with van der Waals surface area (Å²) < 4.78 is 33.3. The molecule has 2 atom stereocenters. The highest BCUT2D eigenvalue weighted by Crippen LogP contribution is 2.54. The van der Waals surface area contributed by atoms with Crippen LogP contribution in [-0.4, -0.2) is 48.4 Å². The van der Waals surface area contributed by atoms with E-state index in [0.717, 1.165) is 16.7 Å². The van der Waals surface area contributed by atoms with Crippen molar-refractivity contribution >= 4 is 5.78 Å². The highest BCUT2D eigenvalue weighted by atomic mass is 16.5. The van der Waals surface area contributed by atoms with Gasteiger partial charge in [-0.2, -0.15) is 0 Å². The van der Waals surface area contributed by atoms with E-state index in [9.17, 15) is 4.79 Å². The average molecular weight is 465 g/mol. The lowest BCUT2D eigenvalue weighted by Crippen LogP contribution is -2.14. The summed E-state index contributed by atoms with van der Waals surface area (Å²) in [7, 11) is 9.52. The van der Waals surface area contributed by atoms with E-state index in [0.29, 0.717) is 40.1 Å². The molecule has 0 N–H and O–H groups in total. The molecule has 178 valence electrons. The summed E-state index contributed by atoms with van der Waals surface area (Å²) in [6.45, 7) is 0. The Kier molecular flexibility index (Phi) is 6.54. The fourth-order valence-corrected chi connectivity index (χ4v) is 4.66. The fraction of sp³-hybridized carbons (Fsp3) is 0.296. The molecule has 0 fully saturated rings. The summed E-state index contributed by atoms with van der Waals surface area (Å²) in [5.74, 6) is 2.58. The molecule has 3 aromatic rings. The van der Waals surface area contributed by atoms with Crippen molar-refractivity contribution < 1.29 is 33.2 Å². The molecule has 7 heteroatoms. The van der Waals surface area contributed by atoms with E-state index < -0.39 is 5.92 Å². The van der Waals surface area contributed by atoms with E-state index in [1.165, 1.54) is 0 Å². The first kappa shape index (κ1) is 23.3. The van der Waals surface area contributed by atoms with Crippen LogP contribution < -0.4 is 28.4 Å². The average Bonchev–Trinajstić information content (AvgIpc) is 3.19. The molecule has 1 aliphatic rings. The van der Waals surface area contributed by atoms with Gasteiger partial charge in [-0.05, 0) is 29.8 Å². The first-order valence-corrected chi connectivity index (χ1v) is 10.7. The monoisotopic (exact) mass is 464 g/mol. The number of carbonyl (C=O) groups excluding carboxylic acids is 1. The van der Waals surface area contributed by atoms with Crippen molar-refractivity contribution in [2.45, 2.75) is 11.8 Å². The number of hydrogen-bond donors (Lipinski definition) is 0. The molecule has 0 spiro atoms. The zero-order valence-electron chi connectivity index (χ0n) is 20.1. The van der Waals surface area contributed by atoms with Crippen molar-refractivity contribution in [2.24, 2.45) is 0 Å². The maximum Gasteiger partial charge on any atom is 0.171 e. The number of ketones is 1. The second-order valence-corrected chi connectivity index (χ2v) is 7.86. The molecular formula is C27H28O7. The van der Waals surface area contributed by atoms with Gasteiger partial charge in [-0.25, -0.2) is 0 Å². The molecule has 4 rings (SSSR count). The van der Waals surface area contributed by atoms with E-state index in [1.807, 2.05) is 24.3 Å². The van der Waals surface area contributed by atoms with Gasteiger partial charge in [0.25, 0.3) is 0 Å². The van der Waals surface area contributed by atoms with Crippen LogP contribution >= 0.6 is 0 Å². The zero-order valence-corrected chi connectivity index (χ0v) is 20.1. The Balaban J connectivity index is 2.02. The summed E-state index contributed by atoms with van der Waals surface area (Å²) >= 11 is 0. The fourth-order valence-electron chi connectivity index (χ4n) is 4.66. The molecule has 34 heavy (non-hydrogen) atoms. The van der Waals surface area contributed by atoms with Crippen molar-refractivity contribution in [3.63, 3.8) is 0 Å². The number of benzene rings is 3. The molecular weight excluding hydrogens is 436 g/mol. The van der Waals surface area contributed by atoms with Gasteiger partial charge in [-0.15, -0.1) is 0 Å². The van der Waals surface area contributed by atoms with Crippen LogP contribution in [-0.2, 0) is 0 Å². The lowest BCUT2D eigenvalue weighted by atomic mass is 9.80. The SMILES string of the molecule is COc1cc(OC)cc([C@H]2c3c(OC)cc(OC)cc3C(=O)[C@@H]2c2ccc(OC)cc2OC)c1. The summed E-state index contributed by atoms with van der Waals surface area (Å²) in [6, 6.07) is 14.7. The van der Waals surface area contributed by atoms with Crippen LogP contribution in [0.5, 0.6) is 34.5 Å². The number of rotatable bonds is 8. The first-order valence-electron chi connectivity index (χ1n) is 10.7. The Morgan fingerprint density at radius 1 is 0.559 bits per heavy atom. The second-order valence-electron chi connectivity index (χ2n) is 7.86. The Hall–Kier alpha value is -3.87. The summed E-state index contributed by atoms with van der Waals surface area (Å²) in [4.78, 5) is 14.0. The number of fused-ring (bicyclic) bond motifs is 1. The van der Waals surface area contributed by atoms with Gasteiger partial charge >= 0.3 is 0 Å². The standard InChI is InChI=1S/C27H28O7/c1-29-16-7-8-20(22(13-16)33-5)26-24(15-9-17(30-2)11-18(10-15)31-3)25-21(27(26)28)12-19(32-4)14-23(25)34-6/h7-14,24,26H,1-6H3/t24-,26+/m0/s1. The number of carbonyl (C=O) groups is 1. The molecule has 0 saturated carbocycles. The Morgan fingerprint density at radius 2 is 1.12 bits per heavy atom. The van der Waals surface area contributed by atoms with Gasteiger partial charge in [0.05, 0.1) is 48.6 Å². The van der Waals surface area contributed by atoms with E-state index in [4.69, 9.17) is 28.4 Å². The van der Waals surface area contributed by atoms with E-state index in [-0.39, 0.29) is 11.7 Å². The van der Waals surface area contributed by atoms with Gasteiger partial charge in [0.2, 0.25) is 0 Å². The predicted octanol–water partition coefficient (Wildman–Crippen LogP) is 4.85. The summed E-state index contributed by atoms with van der Waals surface area (Å²) in [5.41, 5.74) is 2.93. The minimum Gasteiger partial charge on any atom is -0.497 e. The molecule has 0 unspecified atom stereocenters. The van der Waals surface area contributed by atoms with Crippen LogP contribution in [0.2, 0.25) is 0 Å². The number of hydrogen-bond acceptors (Lipinski definition) is 7. The maximum absolute atomic E-state index is 14.0. The second kappa shape index (κ2) is 9.55. The first-order chi connectivity index (χ1) is 16.5. The molecule has 0 amide bonds.